The van der Waals surface area contributed by atoms with Gasteiger partial charge in [-0.05, 0) is 67.3 Å². The van der Waals surface area contributed by atoms with Gasteiger partial charge in [-0.3, -0.25) is 4.79 Å². The number of anilines is 1. The third-order valence-corrected chi connectivity index (χ3v) is 5.43. The summed E-state index contributed by atoms with van der Waals surface area (Å²) in [6, 6.07) is 15.0. The lowest BCUT2D eigenvalue weighted by Crippen LogP contribution is -2.30. The van der Waals surface area contributed by atoms with E-state index in [9.17, 15) is 4.79 Å². The molecule has 26 heavy (non-hydrogen) atoms. The predicted molar refractivity (Wildman–Crippen MR) is 109 cm³/mol. The second-order valence-corrected chi connectivity index (χ2v) is 7.52. The molecular formula is C23H30N2O. The molecule has 0 radical (unpaired) electrons. The van der Waals surface area contributed by atoms with Crippen molar-refractivity contribution < 1.29 is 4.79 Å². The van der Waals surface area contributed by atoms with Crippen LogP contribution in [0.5, 0.6) is 0 Å². The maximum Gasteiger partial charge on any atom is 0.227 e. The third kappa shape index (κ3) is 4.27. The molecule has 1 atom stereocenters. The highest BCUT2D eigenvalue weighted by Gasteiger charge is 2.17. The van der Waals surface area contributed by atoms with Crippen LogP contribution < -0.4 is 10.2 Å². The fourth-order valence-electron chi connectivity index (χ4n) is 3.81. The van der Waals surface area contributed by atoms with Gasteiger partial charge < -0.3 is 10.2 Å². The molecule has 0 bridgehead atoms. The van der Waals surface area contributed by atoms with Crippen LogP contribution in [0, 0.1) is 0 Å². The van der Waals surface area contributed by atoms with Crippen LogP contribution in [0.15, 0.2) is 42.5 Å². The van der Waals surface area contributed by atoms with Crippen molar-refractivity contribution in [3.63, 3.8) is 0 Å². The first-order valence-corrected chi connectivity index (χ1v) is 9.71. The van der Waals surface area contributed by atoms with Gasteiger partial charge in [0.1, 0.15) is 0 Å². The normalized spacial score (nSPS) is 14.4. The Kier molecular flexibility index (Phi) is 5.97. The Morgan fingerprint density at radius 2 is 1.81 bits per heavy atom. The molecule has 0 aromatic heterocycles. The summed E-state index contributed by atoms with van der Waals surface area (Å²) in [6.45, 7) is 2.67. The SMILES string of the molecule is CC(C(=O)NCCc1ccccc1N(C)C)c1ccc2c(c1)CCCC2. The van der Waals surface area contributed by atoms with E-state index < -0.39 is 0 Å². The summed E-state index contributed by atoms with van der Waals surface area (Å²) in [6.07, 6.45) is 5.73. The lowest BCUT2D eigenvalue weighted by molar-refractivity contribution is -0.122. The predicted octanol–water partition coefficient (Wildman–Crippen LogP) is 4.09. The van der Waals surface area contributed by atoms with Gasteiger partial charge in [-0.1, -0.05) is 36.4 Å². The molecule has 3 rings (SSSR count). The van der Waals surface area contributed by atoms with Crippen LogP contribution in [0.1, 0.15) is 47.9 Å². The molecule has 3 nitrogen and oxygen atoms in total. The van der Waals surface area contributed by atoms with Crippen molar-refractivity contribution in [1.29, 1.82) is 0 Å². The minimum Gasteiger partial charge on any atom is -0.377 e. The van der Waals surface area contributed by atoms with E-state index in [4.69, 9.17) is 0 Å². The average Bonchev–Trinajstić information content (AvgIpc) is 2.67. The van der Waals surface area contributed by atoms with Gasteiger partial charge in [-0.2, -0.15) is 0 Å². The number of aryl methyl sites for hydroxylation is 2. The lowest BCUT2D eigenvalue weighted by atomic mass is 9.88. The van der Waals surface area contributed by atoms with E-state index in [0.717, 1.165) is 18.4 Å². The second-order valence-electron chi connectivity index (χ2n) is 7.52. The van der Waals surface area contributed by atoms with Gasteiger partial charge in [0, 0.05) is 26.3 Å². The monoisotopic (exact) mass is 350 g/mol. The summed E-state index contributed by atoms with van der Waals surface area (Å²) in [5.41, 5.74) is 6.52. The molecule has 0 fully saturated rings. The number of carbonyl (C=O) groups is 1. The van der Waals surface area contributed by atoms with E-state index in [0.29, 0.717) is 6.54 Å². The third-order valence-electron chi connectivity index (χ3n) is 5.43. The molecule has 0 heterocycles. The lowest BCUT2D eigenvalue weighted by Gasteiger charge is -2.20. The van der Waals surface area contributed by atoms with Gasteiger partial charge in [0.25, 0.3) is 0 Å². The average molecular weight is 351 g/mol. The van der Waals surface area contributed by atoms with E-state index in [1.807, 2.05) is 6.92 Å². The van der Waals surface area contributed by atoms with Gasteiger partial charge in [-0.25, -0.2) is 0 Å². The first kappa shape index (κ1) is 18.5. The smallest absolute Gasteiger partial charge is 0.227 e. The molecule has 1 aliphatic carbocycles. The molecule has 2 aromatic rings. The number of amides is 1. The second kappa shape index (κ2) is 8.39. The number of rotatable bonds is 6. The number of carbonyl (C=O) groups excluding carboxylic acids is 1. The molecule has 138 valence electrons. The highest BCUT2D eigenvalue weighted by atomic mass is 16.1. The quantitative estimate of drug-likeness (QED) is 0.851. The maximum atomic E-state index is 12.6. The van der Waals surface area contributed by atoms with E-state index >= 15 is 0 Å². The molecule has 1 amide bonds. The first-order valence-electron chi connectivity index (χ1n) is 9.71. The first-order chi connectivity index (χ1) is 12.6. The minimum atomic E-state index is -0.105. The molecule has 3 heteroatoms. The van der Waals surface area contributed by atoms with Gasteiger partial charge in [-0.15, -0.1) is 0 Å². The molecular weight excluding hydrogens is 320 g/mol. The summed E-state index contributed by atoms with van der Waals surface area (Å²) >= 11 is 0. The number of benzene rings is 2. The fraction of sp³-hybridized carbons (Fsp3) is 0.435. The molecule has 0 aliphatic heterocycles. The van der Waals surface area contributed by atoms with Crippen LogP contribution in [0.25, 0.3) is 0 Å². The van der Waals surface area contributed by atoms with Crippen molar-refractivity contribution in [1.82, 2.24) is 5.32 Å². The Morgan fingerprint density at radius 1 is 1.08 bits per heavy atom. The molecule has 0 saturated carbocycles. The summed E-state index contributed by atoms with van der Waals surface area (Å²) < 4.78 is 0. The number of fused-ring (bicyclic) bond motifs is 1. The Hall–Kier alpha value is -2.29. The molecule has 0 saturated heterocycles. The summed E-state index contributed by atoms with van der Waals surface area (Å²) in [5.74, 6) is 0.00872. The van der Waals surface area contributed by atoms with Crippen LogP contribution >= 0.6 is 0 Å². The van der Waals surface area contributed by atoms with Crippen molar-refractivity contribution in [3.05, 3.63) is 64.7 Å². The Bertz CT molecular complexity index is 767. The van der Waals surface area contributed by atoms with E-state index in [1.54, 1.807) is 0 Å². The van der Waals surface area contributed by atoms with Crippen molar-refractivity contribution in [2.24, 2.45) is 0 Å². The van der Waals surface area contributed by atoms with Crippen molar-refractivity contribution in [2.75, 3.05) is 25.5 Å². The number of para-hydroxylation sites is 1. The summed E-state index contributed by atoms with van der Waals surface area (Å²) in [4.78, 5) is 14.7. The number of nitrogens with one attached hydrogen (secondary N) is 1. The fourth-order valence-corrected chi connectivity index (χ4v) is 3.81. The summed E-state index contributed by atoms with van der Waals surface area (Å²) in [7, 11) is 4.10. The molecule has 1 aliphatic rings. The number of hydrogen-bond acceptors (Lipinski definition) is 2. The zero-order valence-corrected chi connectivity index (χ0v) is 16.2. The Labute approximate surface area is 157 Å². The topological polar surface area (TPSA) is 32.3 Å². The van der Waals surface area contributed by atoms with Gasteiger partial charge in [0.05, 0.1) is 5.92 Å². The van der Waals surface area contributed by atoms with Crippen LogP contribution in [0.4, 0.5) is 5.69 Å². The number of hydrogen-bond donors (Lipinski definition) is 1. The molecule has 2 aromatic carbocycles. The van der Waals surface area contributed by atoms with E-state index in [1.165, 1.54) is 41.6 Å². The van der Waals surface area contributed by atoms with Crippen LogP contribution in [-0.4, -0.2) is 26.5 Å². The van der Waals surface area contributed by atoms with Gasteiger partial charge in [0.15, 0.2) is 0 Å². The van der Waals surface area contributed by atoms with E-state index in [2.05, 4.69) is 66.8 Å². The Morgan fingerprint density at radius 3 is 2.58 bits per heavy atom. The van der Waals surface area contributed by atoms with Crippen LogP contribution in [0.2, 0.25) is 0 Å². The molecule has 1 N–H and O–H groups in total. The summed E-state index contributed by atoms with van der Waals surface area (Å²) in [5, 5.41) is 3.12. The van der Waals surface area contributed by atoms with Crippen molar-refractivity contribution >= 4 is 11.6 Å². The standard InChI is InChI=1S/C23H30N2O/c1-17(20-13-12-18-8-4-5-10-21(18)16-20)23(26)24-15-14-19-9-6-7-11-22(19)25(2)3/h6-7,9,11-13,16-17H,4-5,8,10,14-15H2,1-3H3,(H,24,26). The van der Waals surface area contributed by atoms with Crippen LogP contribution in [0.3, 0.4) is 0 Å². The zero-order chi connectivity index (χ0) is 18.5. The largest absolute Gasteiger partial charge is 0.377 e. The van der Waals surface area contributed by atoms with Crippen molar-refractivity contribution in [2.45, 2.75) is 44.9 Å². The zero-order valence-electron chi connectivity index (χ0n) is 16.2. The van der Waals surface area contributed by atoms with Crippen LogP contribution in [-0.2, 0) is 24.1 Å². The van der Waals surface area contributed by atoms with Gasteiger partial charge in [0.2, 0.25) is 5.91 Å². The van der Waals surface area contributed by atoms with E-state index in [-0.39, 0.29) is 11.8 Å². The maximum absolute atomic E-state index is 12.6. The highest BCUT2D eigenvalue weighted by Crippen LogP contribution is 2.25. The van der Waals surface area contributed by atoms with Crippen molar-refractivity contribution in [3.8, 4) is 0 Å². The van der Waals surface area contributed by atoms with Gasteiger partial charge >= 0.3 is 0 Å². The minimum absolute atomic E-state index is 0.105. The molecule has 1 unspecified atom stereocenters. The Balaban J connectivity index is 1.58. The number of nitrogens with zero attached hydrogens (tertiary/aromatic N) is 1. The highest BCUT2D eigenvalue weighted by molar-refractivity contribution is 5.83. The molecule has 0 spiro atoms.